The van der Waals surface area contributed by atoms with E-state index in [4.69, 9.17) is 14.5 Å². The van der Waals surface area contributed by atoms with Gasteiger partial charge >= 0.3 is 0 Å². The summed E-state index contributed by atoms with van der Waals surface area (Å²) >= 11 is 0. The summed E-state index contributed by atoms with van der Waals surface area (Å²) in [4.78, 5) is 50.5. The van der Waals surface area contributed by atoms with E-state index < -0.39 is 44.4 Å². The van der Waals surface area contributed by atoms with E-state index in [-0.39, 0.29) is 23.2 Å². The third kappa shape index (κ3) is 4.37. The molecule has 0 spiro atoms. The van der Waals surface area contributed by atoms with Gasteiger partial charge in [0.05, 0.1) is 0 Å². The first-order valence-electron chi connectivity index (χ1n) is 13.7. The minimum Gasteiger partial charge on any atom is -0.311 e. The Morgan fingerprint density at radius 3 is 2.16 bits per heavy atom. The Morgan fingerprint density at radius 2 is 1.57 bits per heavy atom. The molecule has 11 unspecified atom stereocenters. The van der Waals surface area contributed by atoms with Gasteiger partial charge in [0, 0.05) is 5.41 Å². The van der Waals surface area contributed by atoms with Crippen LogP contribution < -0.4 is 0 Å². The molecule has 4 aliphatic rings. The lowest BCUT2D eigenvalue weighted by Gasteiger charge is -2.69. The molecule has 0 N–H and O–H groups in total. The fourth-order valence-corrected chi connectivity index (χ4v) is 9.95. The molecule has 210 valence electrons. The maximum atomic E-state index is 11.8. The standard InChI is InChI=1S/C25H41N3O9/c1-6-7-15(2)18-8-9-19-22-20(36-27(31)32)13-16-12-17(35-26(29)30)10-11-24(16,4)25(22,5)21(37-28(33)34)14-23(18,19)3/h15-22H,6-14H2,1-5H3. The first-order chi connectivity index (χ1) is 17.3. The van der Waals surface area contributed by atoms with E-state index in [9.17, 15) is 30.3 Å². The van der Waals surface area contributed by atoms with Crippen molar-refractivity contribution in [2.24, 2.45) is 45.8 Å². The van der Waals surface area contributed by atoms with Crippen molar-refractivity contribution >= 4 is 0 Å². The van der Waals surface area contributed by atoms with Crippen LogP contribution in [-0.2, 0) is 14.5 Å². The molecular formula is C25H41N3O9. The monoisotopic (exact) mass is 527 g/mol. The van der Waals surface area contributed by atoms with Gasteiger partial charge in [-0.25, -0.2) is 0 Å². The van der Waals surface area contributed by atoms with E-state index in [1.165, 1.54) is 0 Å². The fourth-order valence-electron chi connectivity index (χ4n) is 9.95. The van der Waals surface area contributed by atoms with E-state index >= 15 is 0 Å². The predicted molar refractivity (Wildman–Crippen MR) is 130 cm³/mol. The smallest absolute Gasteiger partial charge is 0.294 e. The lowest BCUT2D eigenvalue weighted by Crippen LogP contribution is -2.70. The van der Waals surface area contributed by atoms with Gasteiger partial charge in [-0.2, -0.15) is 0 Å². The number of rotatable bonds is 9. The summed E-state index contributed by atoms with van der Waals surface area (Å²) in [5, 5.41) is 32.4. The molecule has 0 saturated heterocycles. The summed E-state index contributed by atoms with van der Waals surface area (Å²) in [5.41, 5.74) is -1.55. The van der Waals surface area contributed by atoms with Gasteiger partial charge in [0.2, 0.25) is 0 Å². The van der Waals surface area contributed by atoms with Gasteiger partial charge in [-0.15, -0.1) is 30.3 Å². The molecule has 4 rings (SSSR count). The number of fused-ring (bicyclic) bond motifs is 5. The molecule has 4 aliphatic carbocycles. The van der Waals surface area contributed by atoms with Gasteiger partial charge in [0.15, 0.2) is 0 Å². The summed E-state index contributed by atoms with van der Waals surface area (Å²) < 4.78 is 0. The second-order valence-corrected chi connectivity index (χ2v) is 12.8. The van der Waals surface area contributed by atoms with Crippen molar-refractivity contribution in [3.05, 3.63) is 30.3 Å². The van der Waals surface area contributed by atoms with Crippen molar-refractivity contribution in [1.82, 2.24) is 0 Å². The molecule has 0 radical (unpaired) electrons. The zero-order valence-electron chi connectivity index (χ0n) is 22.5. The zero-order chi connectivity index (χ0) is 27.3. The molecule has 0 heterocycles. The van der Waals surface area contributed by atoms with Gasteiger partial charge in [-0.05, 0) is 85.4 Å². The van der Waals surface area contributed by atoms with Crippen LogP contribution in [0.4, 0.5) is 0 Å². The highest BCUT2D eigenvalue weighted by Crippen LogP contribution is 2.74. The van der Waals surface area contributed by atoms with E-state index in [0.717, 1.165) is 25.7 Å². The van der Waals surface area contributed by atoms with Crippen molar-refractivity contribution in [3.8, 4) is 0 Å². The fraction of sp³-hybridized carbons (Fsp3) is 1.00. The van der Waals surface area contributed by atoms with Crippen molar-refractivity contribution in [3.63, 3.8) is 0 Å². The summed E-state index contributed by atoms with van der Waals surface area (Å²) in [6.07, 6.45) is 4.06. The van der Waals surface area contributed by atoms with Gasteiger partial charge in [0.25, 0.3) is 15.3 Å². The molecule has 0 aromatic heterocycles. The topological polar surface area (TPSA) is 157 Å². The van der Waals surface area contributed by atoms with Crippen molar-refractivity contribution in [2.45, 2.75) is 111 Å². The molecule has 12 nitrogen and oxygen atoms in total. The highest BCUT2D eigenvalue weighted by Gasteiger charge is 2.72. The van der Waals surface area contributed by atoms with Crippen LogP contribution in [0.1, 0.15) is 92.4 Å². The molecule has 11 atom stereocenters. The predicted octanol–water partition coefficient (Wildman–Crippen LogP) is 5.42. The normalized spacial score (nSPS) is 45.5. The van der Waals surface area contributed by atoms with Crippen LogP contribution in [0.5, 0.6) is 0 Å². The molecule has 0 aromatic carbocycles. The minimum atomic E-state index is -0.795. The summed E-state index contributed by atoms with van der Waals surface area (Å²) in [6, 6.07) is 0. The summed E-state index contributed by atoms with van der Waals surface area (Å²) in [7, 11) is 0. The number of nitrogens with zero attached hydrogens (tertiary/aromatic N) is 3. The molecule has 4 fully saturated rings. The first-order valence-corrected chi connectivity index (χ1v) is 13.7. The Kier molecular flexibility index (Phi) is 7.26. The van der Waals surface area contributed by atoms with Gasteiger partial charge in [-0.3, -0.25) is 0 Å². The highest BCUT2D eigenvalue weighted by atomic mass is 17.0. The van der Waals surface area contributed by atoms with Crippen LogP contribution in [0, 0.1) is 76.2 Å². The van der Waals surface area contributed by atoms with Gasteiger partial charge in [0.1, 0.15) is 18.3 Å². The Bertz CT molecular complexity index is 920. The second kappa shape index (κ2) is 9.72. The van der Waals surface area contributed by atoms with Crippen LogP contribution in [0.2, 0.25) is 0 Å². The summed E-state index contributed by atoms with van der Waals surface area (Å²) in [6.45, 7) is 10.7. The Hall–Kier alpha value is -2.40. The van der Waals surface area contributed by atoms with Crippen LogP contribution >= 0.6 is 0 Å². The molecule has 4 saturated carbocycles. The van der Waals surface area contributed by atoms with Crippen LogP contribution in [0.3, 0.4) is 0 Å². The maximum absolute atomic E-state index is 11.8. The molecular weight excluding hydrogens is 486 g/mol. The zero-order valence-corrected chi connectivity index (χ0v) is 22.5. The second-order valence-electron chi connectivity index (χ2n) is 12.8. The third-order valence-electron chi connectivity index (χ3n) is 11.6. The Morgan fingerprint density at radius 1 is 0.919 bits per heavy atom. The van der Waals surface area contributed by atoms with Gasteiger partial charge < -0.3 is 14.5 Å². The van der Waals surface area contributed by atoms with Crippen LogP contribution in [0.15, 0.2) is 0 Å². The molecule has 0 bridgehead atoms. The Labute approximate surface area is 217 Å². The largest absolute Gasteiger partial charge is 0.311 e. The number of hydrogen-bond donors (Lipinski definition) is 0. The lowest BCUT2D eigenvalue weighted by atomic mass is 9.36. The van der Waals surface area contributed by atoms with E-state index in [1.54, 1.807) is 0 Å². The molecule has 37 heavy (non-hydrogen) atoms. The summed E-state index contributed by atoms with van der Waals surface area (Å²) in [5.74, 6) is 0.359. The van der Waals surface area contributed by atoms with Crippen molar-refractivity contribution in [2.75, 3.05) is 0 Å². The Balaban J connectivity index is 1.81. The lowest BCUT2D eigenvalue weighted by molar-refractivity contribution is -0.784. The number of hydrogen-bond acceptors (Lipinski definition) is 9. The maximum Gasteiger partial charge on any atom is 0.294 e. The highest BCUT2D eigenvalue weighted by molar-refractivity contribution is 5.19. The average Bonchev–Trinajstić information content (AvgIpc) is 3.11. The van der Waals surface area contributed by atoms with E-state index in [0.29, 0.717) is 43.9 Å². The first kappa shape index (κ1) is 27.6. The van der Waals surface area contributed by atoms with E-state index in [1.807, 2.05) is 6.92 Å². The van der Waals surface area contributed by atoms with Gasteiger partial charge in [-0.1, -0.05) is 47.5 Å². The quantitative estimate of drug-likeness (QED) is 0.282. The minimum absolute atomic E-state index is 0.101. The van der Waals surface area contributed by atoms with Crippen molar-refractivity contribution in [1.29, 1.82) is 0 Å². The molecule has 0 amide bonds. The van der Waals surface area contributed by atoms with Crippen LogP contribution in [0.25, 0.3) is 0 Å². The van der Waals surface area contributed by atoms with Crippen LogP contribution in [-0.4, -0.2) is 33.6 Å². The molecule has 12 heteroatoms. The van der Waals surface area contributed by atoms with E-state index in [2.05, 4.69) is 27.7 Å². The average molecular weight is 528 g/mol. The SMILES string of the molecule is CCCC(C)C1CCC2C3C(O[N+](=O)[O-])CC4CC(O[N+](=O)[O-])CCC4(C)C3(C)C(O[N+](=O)[O-])CC12C. The molecule has 0 aliphatic heterocycles. The third-order valence-corrected chi connectivity index (χ3v) is 11.6. The molecule has 0 aromatic rings. The van der Waals surface area contributed by atoms with Crippen molar-refractivity contribution < 1.29 is 29.8 Å².